The monoisotopic (exact) mass is 473 g/mol. The summed E-state index contributed by atoms with van der Waals surface area (Å²) in [5, 5.41) is 0.421. The summed E-state index contributed by atoms with van der Waals surface area (Å²) in [4.78, 5) is 24.5. The van der Waals surface area contributed by atoms with Gasteiger partial charge < -0.3 is 4.42 Å². The lowest BCUT2D eigenvalue weighted by Gasteiger charge is -2.24. The number of sulfonamides is 1. The van der Waals surface area contributed by atoms with E-state index < -0.39 is 20.9 Å². The summed E-state index contributed by atoms with van der Waals surface area (Å²) in [5.41, 5.74) is 1.83. The Bertz CT molecular complexity index is 1470. The van der Waals surface area contributed by atoms with E-state index in [9.17, 15) is 18.0 Å². The van der Waals surface area contributed by atoms with Crippen molar-refractivity contribution in [3.8, 4) is 0 Å². The lowest BCUT2D eigenvalue weighted by atomic mass is 10.2. The van der Waals surface area contributed by atoms with Gasteiger partial charge in [-0.3, -0.25) is 4.79 Å². The van der Waals surface area contributed by atoms with Crippen LogP contribution in [0.2, 0.25) is 5.02 Å². The highest BCUT2D eigenvalue weighted by Gasteiger charge is 2.33. The van der Waals surface area contributed by atoms with Crippen LogP contribution in [0.5, 0.6) is 0 Å². The fourth-order valence-electron chi connectivity index (χ4n) is 3.15. The number of rotatable bonds is 4. The van der Waals surface area contributed by atoms with Crippen molar-refractivity contribution in [1.82, 2.24) is 0 Å². The van der Waals surface area contributed by atoms with Crippen LogP contribution in [0.1, 0.15) is 21.5 Å². The zero-order valence-electron chi connectivity index (χ0n) is 16.5. The lowest BCUT2D eigenvalue weighted by Crippen LogP contribution is -2.37. The van der Waals surface area contributed by atoms with E-state index in [0.717, 1.165) is 21.2 Å². The highest BCUT2D eigenvalue weighted by molar-refractivity contribution is 7.93. The quantitative estimate of drug-likeness (QED) is 0.408. The fourth-order valence-corrected chi connectivity index (χ4v) is 5.69. The molecule has 0 N–H and O–H groups in total. The molecule has 1 heterocycles. The molecule has 6 nitrogen and oxygen atoms in total. The van der Waals surface area contributed by atoms with Crippen LogP contribution in [0.15, 0.2) is 74.8 Å². The average molecular weight is 474 g/mol. The third-order valence-electron chi connectivity index (χ3n) is 4.69. The predicted molar refractivity (Wildman–Crippen MR) is 122 cm³/mol. The first-order chi connectivity index (χ1) is 14.7. The number of nitrogens with zero attached hydrogens (tertiary/aromatic N) is 1. The fraction of sp³-hybridized carbons (Fsp3) is 0.0909. The Morgan fingerprint density at radius 2 is 1.71 bits per heavy atom. The van der Waals surface area contributed by atoms with Crippen molar-refractivity contribution < 1.29 is 17.6 Å². The van der Waals surface area contributed by atoms with E-state index in [2.05, 4.69) is 0 Å². The summed E-state index contributed by atoms with van der Waals surface area (Å²) in [6.45, 7) is 3.45. The molecule has 3 aromatic carbocycles. The van der Waals surface area contributed by atoms with E-state index in [1.165, 1.54) is 48.5 Å². The van der Waals surface area contributed by atoms with Crippen molar-refractivity contribution in [2.45, 2.75) is 18.7 Å². The van der Waals surface area contributed by atoms with Gasteiger partial charge in [-0.25, -0.2) is 13.2 Å². The van der Waals surface area contributed by atoms with Crippen LogP contribution in [0.25, 0.3) is 10.3 Å². The van der Waals surface area contributed by atoms with Crippen LogP contribution in [0.4, 0.5) is 5.69 Å². The van der Waals surface area contributed by atoms with Crippen molar-refractivity contribution in [3.63, 3.8) is 0 Å². The van der Waals surface area contributed by atoms with Crippen molar-refractivity contribution in [3.05, 3.63) is 92.1 Å². The second-order valence-corrected chi connectivity index (χ2v) is 10.1. The SMILES string of the molecule is Cc1ccc(C)c(S(=O)(=O)N(C(=O)c2ccc(Cl)cc2)c2ccc3oc(=O)sc3c2)c1. The second-order valence-electron chi connectivity index (χ2n) is 6.94. The molecule has 4 aromatic rings. The van der Waals surface area contributed by atoms with E-state index >= 15 is 0 Å². The number of anilines is 1. The third-order valence-corrected chi connectivity index (χ3v) is 7.58. The van der Waals surface area contributed by atoms with Crippen LogP contribution >= 0.6 is 22.9 Å². The predicted octanol–water partition coefficient (Wildman–Crippen LogP) is 5.16. The molecule has 0 unspecified atom stereocenters. The van der Waals surface area contributed by atoms with Gasteiger partial charge in [0.25, 0.3) is 15.9 Å². The number of amides is 1. The Balaban J connectivity index is 1.95. The molecular weight excluding hydrogens is 458 g/mol. The molecule has 0 spiro atoms. The van der Waals surface area contributed by atoms with Crippen LogP contribution in [0, 0.1) is 13.8 Å². The van der Waals surface area contributed by atoms with Gasteiger partial charge in [-0.1, -0.05) is 35.1 Å². The van der Waals surface area contributed by atoms with Crippen molar-refractivity contribution in [2.24, 2.45) is 0 Å². The van der Waals surface area contributed by atoms with E-state index in [4.69, 9.17) is 16.0 Å². The molecule has 0 aliphatic carbocycles. The molecule has 1 amide bonds. The molecule has 0 bridgehead atoms. The molecule has 31 heavy (non-hydrogen) atoms. The van der Waals surface area contributed by atoms with Crippen LogP contribution in [-0.4, -0.2) is 14.3 Å². The number of aryl methyl sites for hydroxylation is 2. The smallest absolute Gasteiger partial charge is 0.396 e. The molecule has 4 rings (SSSR count). The maximum atomic E-state index is 13.7. The minimum absolute atomic E-state index is 0.0234. The van der Waals surface area contributed by atoms with Gasteiger partial charge in [0, 0.05) is 10.6 Å². The van der Waals surface area contributed by atoms with Gasteiger partial charge in [-0.15, -0.1) is 0 Å². The molecule has 0 saturated heterocycles. The number of hydrogen-bond donors (Lipinski definition) is 0. The Labute approximate surface area is 187 Å². The van der Waals surface area contributed by atoms with Gasteiger partial charge in [0.15, 0.2) is 0 Å². The van der Waals surface area contributed by atoms with Crippen LogP contribution < -0.4 is 9.24 Å². The molecule has 0 saturated carbocycles. The molecule has 9 heteroatoms. The normalized spacial score (nSPS) is 11.6. The van der Waals surface area contributed by atoms with Crippen molar-refractivity contribution >= 4 is 54.8 Å². The third kappa shape index (κ3) is 4.01. The largest absolute Gasteiger partial charge is 0.414 e. The first kappa shape index (κ1) is 21.3. The number of benzene rings is 3. The molecule has 0 atom stereocenters. The number of halogens is 1. The minimum atomic E-state index is -4.28. The van der Waals surface area contributed by atoms with Gasteiger partial charge in [-0.05, 0) is 73.5 Å². The van der Waals surface area contributed by atoms with Gasteiger partial charge in [0.1, 0.15) is 5.58 Å². The summed E-state index contributed by atoms with van der Waals surface area (Å²) in [7, 11) is -4.28. The Hall–Kier alpha value is -2.94. The van der Waals surface area contributed by atoms with E-state index in [-0.39, 0.29) is 16.1 Å². The molecule has 158 valence electrons. The van der Waals surface area contributed by atoms with Gasteiger partial charge in [0.2, 0.25) is 0 Å². The Kier molecular flexibility index (Phi) is 5.47. The average Bonchev–Trinajstić information content (AvgIpc) is 3.09. The minimum Gasteiger partial charge on any atom is -0.414 e. The highest BCUT2D eigenvalue weighted by Crippen LogP contribution is 2.31. The van der Waals surface area contributed by atoms with Crippen LogP contribution in [0.3, 0.4) is 0 Å². The summed E-state index contributed by atoms with van der Waals surface area (Å²) in [6, 6.07) is 15.4. The molecule has 0 aliphatic rings. The van der Waals surface area contributed by atoms with Gasteiger partial charge in [0.05, 0.1) is 15.3 Å². The van der Waals surface area contributed by atoms with E-state index in [1.807, 2.05) is 0 Å². The van der Waals surface area contributed by atoms with E-state index in [0.29, 0.717) is 20.9 Å². The number of fused-ring (bicyclic) bond motifs is 1. The molecular formula is C22H16ClNO5S2. The standard InChI is InChI=1S/C22H16ClNO5S2/c1-13-3-4-14(2)20(11-13)31(27,28)24(21(25)15-5-7-16(23)8-6-15)17-9-10-18-19(12-17)30-22(26)29-18/h3-12H,1-2H3. The Morgan fingerprint density at radius 1 is 1.00 bits per heavy atom. The maximum Gasteiger partial charge on any atom is 0.396 e. The van der Waals surface area contributed by atoms with Gasteiger partial charge >= 0.3 is 4.94 Å². The van der Waals surface area contributed by atoms with Crippen molar-refractivity contribution in [1.29, 1.82) is 0 Å². The molecule has 0 fully saturated rings. The van der Waals surface area contributed by atoms with Gasteiger partial charge in [-0.2, -0.15) is 4.31 Å². The number of carbonyl (C=O) groups is 1. The van der Waals surface area contributed by atoms with E-state index in [1.54, 1.807) is 26.0 Å². The number of carbonyl (C=O) groups excluding carboxylic acids is 1. The second kappa shape index (κ2) is 7.96. The lowest BCUT2D eigenvalue weighted by molar-refractivity contribution is 0.101. The first-order valence-electron chi connectivity index (χ1n) is 9.13. The summed E-state index contributed by atoms with van der Waals surface area (Å²) < 4.78 is 33.7. The molecule has 1 aromatic heterocycles. The summed E-state index contributed by atoms with van der Waals surface area (Å²) in [5.74, 6) is -0.743. The Morgan fingerprint density at radius 3 is 2.42 bits per heavy atom. The highest BCUT2D eigenvalue weighted by atomic mass is 35.5. The van der Waals surface area contributed by atoms with Crippen LogP contribution in [-0.2, 0) is 10.0 Å². The maximum absolute atomic E-state index is 13.7. The molecule has 0 aliphatic heterocycles. The molecule has 0 radical (unpaired) electrons. The number of hydrogen-bond acceptors (Lipinski definition) is 6. The topological polar surface area (TPSA) is 84.7 Å². The first-order valence-corrected chi connectivity index (χ1v) is 11.8. The summed E-state index contributed by atoms with van der Waals surface area (Å²) in [6.07, 6.45) is 0. The summed E-state index contributed by atoms with van der Waals surface area (Å²) >= 11 is 6.76. The zero-order chi connectivity index (χ0) is 22.3. The zero-order valence-corrected chi connectivity index (χ0v) is 18.8. The van der Waals surface area contributed by atoms with Crippen molar-refractivity contribution in [2.75, 3.05) is 4.31 Å².